The van der Waals surface area contributed by atoms with Crippen LogP contribution in [0, 0.1) is 0 Å². The predicted octanol–water partition coefficient (Wildman–Crippen LogP) is 15.1. The van der Waals surface area contributed by atoms with E-state index in [2.05, 4.69) is 194 Å². The minimum Gasteiger partial charge on any atom is -0.208 e. The van der Waals surface area contributed by atoms with Crippen LogP contribution in [0.5, 0.6) is 0 Å². The molecule has 0 amide bonds. The molecular formula is C55H35N3S. The van der Waals surface area contributed by atoms with Gasteiger partial charge in [0.05, 0.1) is 0 Å². The van der Waals surface area contributed by atoms with Crippen LogP contribution in [0.1, 0.15) is 0 Å². The lowest BCUT2D eigenvalue weighted by Gasteiger charge is -2.13. The molecule has 0 spiro atoms. The van der Waals surface area contributed by atoms with Gasteiger partial charge in [-0.2, -0.15) is 0 Å². The molecular weight excluding hydrogens is 735 g/mol. The topological polar surface area (TPSA) is 38.7 Å². The minimum absolute atomic E-state index is 0.629. The molecule has 0 unspecified atom stereocenters. The number of hydrogen-bond donors (Lipinski definition) is 0. The van der Waals surface area contributed by atoms with Crippen molar-refractivity contribution in [1.29, 1.82) is 0 Å². The van der Waals surface area contributed by atoms with Gasteiger partial charge in [0.2, 0.25) is 0 Å². The van der Waals surface area contributed by atoms with E-state index in [1.807, 2.05) is 29.5 Å². The number of fused-ring (bicyclic) bond motifs is 4. The molecule has 0 saturated carbocycles. The SMILES string of the molecule is c1ccc(-c2cccc(-c3nc(-c4ccc(-c5ccc6cc(-c7cccc8sc9ccccc9c78)ccc6c5)cc4)nc(-c4ccccc4-c4ccccc4)n3)c2)cc1. The molecule has 0 bridgehead atoms. The van der Waals surface area contributed by atoms with Crippen LogP contribution in [-0.2, 0) is 0 Å². The lowest BCUT2D eigenvalue weighted by molar-refractivity contribution is 1.07. The number of aromatic nitrogens is 3. The molecule has 0 radical (unpaired) electrons. The smallest absolute Gasteiger partial charge is 0.164 e. The van der Waals surface area contributed by atoms with Crippen LogP contribution < -0.4 is 0 Å². The van der Waals surface area contributed by atoms with Crippen LogP contribution >= 0.6 is 11.3 Å². The Labute approximate surface area is 346 Å². The lowest BCUT2D eigenvalue weighted by atomic mass is 9.95. The number of rotatable bonds is 7. The van der Waals surface area contributed by atoms with Crippen molar-refractivity contribution in [3.63, 3.8) is 0 Å². The van der Waals surface area contributed by atoms with Crippen LogP contribution in [-0.4, -0.2) is 15.0 Å². The van der Waals surface area contributed by atoms with Crippen molar-refractivity contribution in [3.05, 3.63) is 212 Å². The molecule has 0 aliphatic carbocycles. The highest BCUT2D eigenvalue weighted by molar-refractivity contribution is 7.25. The fourth-order valence-electron chi connectivity index (χ4n) is 8.19. The molecule has 0 fully saturated rings. The second-order valence-electron chi connectivity index (χ2n) is 14.8. The molecule has 3 nitrogen and oxygen atoms in total. The van der Waals surface area contributed by atoms with Crippen LogP contribution in [0.2, 0.25) is 0 Å². The van der Waals surface area contributed by atoms with Crippen LogP contribution in [0.15, 0.2) is 212 Å². The molecule has 2 heterocycles. The van der Waals surface area contributed by atoms with E-state index in [4.69, 9.17) is 15.0 Å². The summed E-state index contributed by atoms with van der Waals surface area (Å²) in [7, 11) is 0. The van der Waals surface area contributed by atoms with E-state index >= 15 is 0 Å². The molecule has 2 aromatic heterocycles. The van der Waals surface area contributed by atoms with Gasteiger partial charge in [-0.05, 0) is 85.6 Å². The number of thiophene rings is 1. The molecule has 0 aliphatic rings. The van der Waals surface area contributed by atoms with Gasteiger partial charge in [-0.25, -0.2) is 15.0 Å². The summed E-state index contributed by atoms with van der Waals surface area (Å²) in [5, 5.41) is 5.08. The molecule has 59 heavy (non-hydrogen) atoms. The normalized spacial score (nSPS) is 11.4. The van der Waals surface area contributed by atoms with Crippen molar-refractivity contribution >= 4 is 42.3 Å². The fourth-order valence-corrected chi connectivity index (χ4v) is 9.32. The standard InChI is InChI=1S/C55H35N3S/c1-3-13-36(14-4-1)40-17-11-18-45(35-40)54-56-53(57-55(58-54)48-20-8-7-19-46(48)38-15-5-2-6-16-38)39-27-25-37(26-28-39)41-29-30-43-34-44(32-31-42(43)33-41)47-22-12-24-51-52(47)49-21-9-10-23-50(49)59-51/h1-35H. The van der Waals surface area contributed by atoms with E-state index in [0.717, 1.165) is 50.1 Å². The molecule has 0 N–H and O–H groups in total. The zero-order chi connectivity index (χ0) is 39.1. The Kier molecular flexibility index (Phi) is 8.68. The molecule has 0 saturated heterocycles. The maximum Gasteiger partial charge on any atom is 0.164 e. The third-order valence-corrected chi connectivity index (χ3v) is 12.3. The van der Waals surface area contributed by atoms with E-state index in [9.17, 15) is 0 Å². The second kappa shape index (κ2) is 14.8. The average molecular weight is 770 g/mol. The Hall–Kier alpha value is -7.53. The lowest BCUT2D eigenvalue weighted by Crippen LogP contribution is -2.01. The van der Waals surface area contributed by atoms with E-state index in [0.29, 0.717) is 17.5 Å². The summed E-state index contributed by atoms with van der Waals surface area (Å²) >= 11 is 1.86. The predicted molar refractivity (Wildman–Crippen MR) is 248 cm³/mol. The van der Waals surface area contributed by atoms with Crippen molar-refractivity contribution in [2.45, 2.75) is 0 Å². The van der Waals surface area contributed by atoms with E-state index in [1.54, 1.807) is 0 Å². The minimum atomic E-state index is 0.629. The highest BCUT2D eigenvalue weighted by Gasteiger charge is 2.17. The maximum atomic E-state index is 5.15. The van der Waals surface area contributed by atoms with E-state index in [1.165, 1.54) is 42.1 Å². The molecule has 4 heteroatoms. The third-order valence-electron chi connectivity index (χ3n) is 11.1. The van der Waals surface area contributed by atoms with E-state index in [-0.39, 0.29) is 0 Å². The van der Waals surface area contributed by atoms with Crippen molar-refractivity contribution in [2.24, 2.45) is 0 Å². The highest BCUT2D eigenvalue weighted by Crippen LogP contribution is 2.41. The van der Waals surface area contributed by atoms with Gasteiger partial charge in [0.1, 0.15) is 0 Å². The van der Waals surface area contributed by atoms with Gasteiger partial charge in [-0.1, -0.05) is 182 Å². The summed E-state index contributed by atoms with van der Waals surface area (Å²) in [5.41, 5.74) is 12.1. The molecule has 0 aliphatic heterocycles. The summed E-state index contributed by atoms with van der Waals surface area (Å²) in [4.78, 5) is 15.4. The maximum absolute atomic E-state index is 5.15. The molecule has 11 aromatic rings. The quantitative estimate of drug-likeness (QED) is 0.162. The van der Waals surface area contributed by atoms with Gasteiger partial charge in [-0.3, -0.25) is 0 Å². The first-order valence-electron chi connectivity index (χ1n) is 19.8. The van der Waals surface area contributed by atoms with Gasteiger partial charge < -0.3 is 0 Å². The monoisotopic (exact) mass is 769 g/mol. The third kappa shape index (κ3) is 6.56. The van der Waals surface area contributed by atoms with Gasteiger partial charge in [0.25, 0.3) is 0 Å². The Morgan fingerprint density at radius 1 is 0.271 bits per heavy atom. The Morgan fingerprint density at radius 3 is 1.56 bits per heavy atom. The summed E-state index contributed by atoms with van der Waals surface area (Å²) < 4.78 is 2.64. The Balaban J connectivity index is 0.963. The summed E-state index contributed by atoms with van der Waals surface area (Å²) in [6.45, 7) is 0. The first kappa shape index (κ1) is 34.7. The molecule has 276 valence electrons. The number of benzene rings is 9. The second-order valence-corrected chi connectivity index (χ2v) is 15.9. The Bertz CT molecular complexity index is 3320. The van der Waals surface area contributed by atoms with E-state index < -0.39 is 0 Å². The van der Waals surface area contributed by atoms with Crippen molar-refractivity contribution in [2.75, 3.05) is 0 Å². The van der Waals surface area contributed by atoms with Crippen molar-refractivity contribution in [1.82, 2.24) is 15.0 Å². The van der Waals surface area contributed by atoms with Gasteiger partial charge in [0, 0.05) is 36.9 Å². The zero-order valence-electron chi connectivity index (χ0n) is 32.0. The average Bonchev–Trinajstić information content (AvgIpc) is 3.71. The first-order chi connectivity index (χ1) is 29.2. The summed E-state index contributed by atoms with van der Waals surface area (Å²) in [6, 6.07) is 75.2. The number of hydrogen-bond acceptors (Lipinski definition) is 4. The van der Waals surface area contributed by atoms with Gasteiger partial charge >= 0.3 is 0 Å². The number of nitrogens with zero attached hydrogens (tertiary/aromatic N) is 3. The fraction of sp³-hybridized carbons (Fsp3) is 0. The van der Waals surface area contributed by atoms with Crippen molar-refractivity contribution in [3.8, 4) is 78.7 Å². The molecule has 11 rings (SSSR count). The zero-order valence-corrected chi connectivity index (χ0v) is 32.8. The van der Waals surface area contributed by atoms with Gasteiger partial charge in [-0.15, -0.1) is 11.3 Å². The highest BCUT2D eigenvalue weighted by atomic mass is 32.1. The Morgan fingerprint density at radius 2 is 0.763 bits per heavy atom. The summed E-state index contributed by atoms with van der Waals surface area (Å²) in [5.74, 6) is 1.90. The van der Waals surface area contributed by atoms with Crippen molar-refractivity contribution < 1.29 is 0 Å². The molecule has 9 aromatic carbocycles. The van der Waals surface area contributed by atoms with Crippen LogP contribution in [0.4, 0.5) is 0 Å². The molecule has 0 atom stereocenters. The first-order valence-corrected chi connectivity index (χ1v) is 20.7. The largest absolute Gasteiger partial charge is 0.208 e. The summed E-state index contributed by atoms with van der Waals surface area (Å²) in [6.07, 6.45) is 0. The van der Waals surface area contributed by atoms with Crippen LogP contribution in [0.25, 0.3) is 110 Å². The van der Waals surface area contributed by atoms with Gasteiger partial charge in [0.15, 0.2) is 17.5 Å². The van der Waals surface area contributed by atoms with Crippen LogP contribution in [0.3, 0.4) is 0 Å².